The normalized spacial score (nSPS) is 14.0. The van der Waals surface area contributed by atoms with Crippen LogP contribution in [0.15, 0.2) is 36.5 Å². The van der Waals surface area contributed by atoms with Gasteiger partial charge in [-0.3, -0.25) is 4.79 Å². The van der Waals surface area contributed by atoms with Gasteiger partial charge in [-0.15, -0.1) is 0 Å². The van der Waals surface area contributed by atoms with Gasteiger partial charge in [0, 0.05) is 35.5 Å². The van der Waals surface area contributed by atoms with Crippen molar-refractivity contribution in [2.24, 2.45) is 0 Å². The number of carboxylic acid groups (broad SMARTS) is 1. The molecule has 3 N–H and O–H groups in total. The maximum absolute atomic E-state index is 13.3. The summed E-state index contributed by atoms with van der Waals surface area (Å²) >= 11 is 0. The van der Waals surface area contributed by atoms with Gasteiger partial charge in [0.1, 0.15) is 5.82 Å². The summed E-state index contributed by atoms with van der Waals surface area (Å²) in [5.74, 6) is -1.42. The number of aromatic nitrogens is 1. The number of hydrogen-bond acceptors (Lipinski definition) is 3. The van der Waals surface area contributed by atoms with Gasteiger partial charge in [0.2, 0.25) is 0 Å². The number of nitrogens with zero attached hydrogens (tertiary/aromatic N) is 1. The van der Waals surface area contributed by atoms with Crippen LogP contribution >= 0.6 is 0 Å². The Morgan fingerprint density at radius 3 is 2.41 bits per heavy atom. The number of aliphatic hydroxyl groups is 2. The first kappa shape index (κ1) is 20.9. The van der Waals surface area contributed by atoms with Gasteiger partial charge in [-0.05, 0) is 38.5 Å². The molecule has 1 aromatic heterocycles. The Hall–Kier alpha value is -2.44. The lowest BCUT2D eigenvalue weighted by atomic mass is 10.0. The summed E-state index contributed by atoms with van der Waals surface area (Å²) in [5, 5.41) is 28.5. The zero-order valence-corrected chi connectivity index (χ0v) is 15.8. The van der Waals surface area contributed by atoms with Crippen LogP contribution in [0.2, 0.25) is 0 Å². The second kappa shape index (κ2) is 8.97. The fraction of sp³-hybridized carbons (Fsp3) is 0.381. The number of halogens is 1. The lowest BCUT2D eigenvalue weighted by Gasteiger charge is -2.11. The average Bonchev–Trinajstić information content (AvgIpc) is 2.89. The molecule has 0 saturated heterocycles. The number of aliphatic hydroxyl groups excluding tert-OH is 2. The second-order valence-corrected chi connectivity index (χ2v) is 6.96. The van der Waals surface area contributed by atoms with Crippen LogP contribution < -0.4 is 0 Å². The molecule has 0 aliphatic carbocycles. The molecule has 0 spiro atoms. The molecule has 2 rings (SSSR count). The molecule has 27 heavy (non-hydrogen) atoms. The van der Waals surface area contributed by atoms with Crippen molar-refractivity contribution in [3.05, 3.63) is 53.6 Å². The third-order valence-corrected chi connectivity index (χ3v) is 4.46. The van der Waals surface area contributed by atoms with E-state index in [9.17, 15) is 19.4 Å². The van der Waals surface area contributed by atoms with E-state index in [0.29, 0.717) is 0 Å². The fourth-order valence-corrected chi connectivity index (χ4v) is 3.10. The first-order chi connectivity index (χ1) is 12.7. The van der Waals surface area contributed by atoms with Crippen LogP contribution in [-0.4, -0.2) is 38.1 Å². The number of hydrogen-bond donors (Lipinski definition) is 3. The molecule has 0 unspecified atom stereocenters. The molecule has 2 atom stereocenters. The third kappa shape index (κ3) is 5.52. The quantitative estimate of drug-likeness (QED) is 0.656. The van der Waals surface area contributed by atoms with Crippen molar-refractivity contribution in [3.63, 3.8) is 0 Å². The lowest BCUT2D eigenvalue weighted by molar-refractivity contribution is -0.139. The van der Waals surface area contributed by atoms with E-state index in [1.54, 1.807) is 24.3 Å². The van der Waals surface area contributed by atoms with Gasteiger partial charge in [0.25, 0.3) is 0 Å². The van der Waals surface area contributed by atoms with Gasteiger partial charge in [-0.1, -0.05) is 24.3 Å². The summed E-state index contributed by atoms with van der Waals surface area (Å²) in [7, 11) is 0. The second-order valence-electron chi connectivity index (χ2n) is 6.96. The molecule has 0 aliphatic rings. The Morgan fingerprint density at radius 2 is 1.85 bits per heavy atom. The number of carbonyl (C=O) groups is 1. The zero-order valence-electron chi connectivity index (χ0n) is 15.8. The van der Waals surface area contributed by atoms with Gasteiger partial charge in [0.15, 0.2) is 0 Å². The van der Waals surface area contributed by atoms with Crippen molar-refractivity contribution in [2.45, 2.75) is 51.9 Å². The molecule has 0 amide bonds. The molecule has 0 bridgehead atoms. The molecular weight excluding hydrogens is 349 g/mol. The maximum Gasteiger partial charge on any atom is 0.305 e. The van der Waals surface area contributed by atoms with Crippen molar-refractivity contribution in [1.82, 2.24) is 4.57 Å². The number of rotatable bonds is 8. The van der Waals surface area contributed by atoms with Gasteiger partial charge >= 0.3 is 5.97 Å². The van der Waals surface area contributed by atoms with Crippen molar-refractivity contribution in [3.8, 4) is 11.1 Å². The van der Waals surface area contributed by atoms with Gasteiger partial charge in [-0.25, -0.2) is 4.39 Å². The Bertz CT molecular complexity index is 808. The monoisotopic (exact) mass is 375 g/mol. The van der Waals surface area contributed by atoms with E-state index >= 15 is 0 Å². The molecule has 2 aromatic rings. The van der Waals surface area contributed by atoms with Crippen molar-refractivity contribution < 1.29 is 24.5 Å². The maximum atomic E-state index is 13.3. The highest BCUT2D eigenvalue weighted by Gasteiger charge is 2.16. The van der Waals surface area contributed by atoms with E-state index in [-0.39, 0.29) is 18.3 Å². The van der Waals surface area contributed by atoms with E-state index in [2.05, 4.69) is 18.4 Å². The SMILES string of the molecule is Cc1c(/C=C/[C@H](O)C[C@@H](O)CC(=O)O)c(-c2ccc(F)cc2)cn1C(C)C. The Morgan fingerprint density at radius 1 is 1.22 bits per heavy atom. The minimum absolute atomic E-state index is 0.0569. The minimum atomic E-state index is -1.11. The largest absolute Gasteiger partial charge is 0.481 e. The highest BCUT2D eigenvalue weighted by atomic mass is 19.1. The lowest BCUT2D eigenvalue weighted by Crippen LogP contribution is -2.19. The van der Waals surface area contributed by atoms with E-state index < -0.39 is 24.6 Å². The summed E-state index contributed by atoms with van der Waals surface area (Å²) in [6.45, 7) is 6.09. The zero-order chi connectivity index (χ0) is 20.1. The molecule has 1 heterocycles. The predicted molar refractivity (Wildman–Crippen MR) is 103 cm³/mol. The Balaban J connectivity index is 2.31. The molecule has 0 aliphatic heterocycles. The summed E-state index contributed by atoms with van der Waals surface area (Å²) < 4.78 is 15.4. The highest BCUT2D eigenvalue weighted by Crippen LogP contribution is 2.31. The van der Waals surface area contributed by atoms with E-state index in [0.717, 1.165) is 22.4 Å². The van der Waals surface area contributed by atoms with Gasteiger partial charge in [-0.2, -0.15) is 0 Å². The first-order valence-electron chi connectivity index (χ1n) is 8.92. The molecule has 5 nitrogen and oxygen atoms in total. The third-order valence-electron chi connectivity index (χ3n) is 4.46. The molecule has 0 fully saturated rings. The van der Waals surface area contributed by atoms with Gasteiger partial charge < -0.3 is 19.9 Å². The molecule has 0 radical (unpaired) electrons. The topological polar surface area (TPSA) is 82.7 Å². The van der Waals surface area contributed by atoms with Crippen molar-refractivity contribution in [1.29, 1.82) is 0 Å². The van der Waals surface area contributed by atoms with E-state index in [1.807, 2.05) is 13.1 Å². The first-order valence-corrected chi connectivity index (χ1v) is 8.92. The summed E-state index contributed by atoms with van der Waals surface area (Å²) in [6, 6.07) is 6.45. The van der Waals surface area contributed by atoms with Crippen LogP contribution in [0.4, 0.5) is 4.39 Å². The van der Waals surface area contributed by atoms with Crippen LogP contribution in [0.3, 0.4) is 0 Å². The van der Waals surface area contributed by atoms with Crippen LogP contribution in [0.25, 0.3) is 17.2 Å². The summed E-state index contributed by atoms with van der Waals surface area (Å²) in [6.07, 6.45) is 2.77. The van der Waals surface area contributed by atoms with E-state index in [4.69, 9.17) is 5.11 Å². The highest BCUT2D eigenvalue weighted by molar-refractivity contribution is 5.77. The molecule has 0 saturated carbocycles. The molecule has 6 heteroatoms. The fourth-order valence-electron chi connectivity index (χ4n) is 3.10. The number of carboxylic acids is 1. The van der Waals surface area contributed by atoms with Crippen LogP contribution in [-0.2, 0) is 4.79 Å². The predicted octanol–water partition coefficient (Wildman–Crippen LogP) is 3.78. The van der Waals surface area contributed by atoms with Crippen LogP contribution in [0.5, 0.6) is 0 Å². The van der Waals surface area contributed by atoms with Gasteiger partial charge in [0.05, 0.1) is 18.6 Å². The smallest absolute Gasteiger partial charge is 0.305 e. The number of benzene rings is 1. The minimum Gasteiger partial charge on any atom is -0.481 e. The average molecular weight is 375 g/mol. The number of aliphatic carboxylic acids is 1. The molecule has 1 aromatic carbocycles. The summed E-state index contributed by atoms with van der Waals surface area (Å²) in [4.78, 5) is 10.6. The standard InChI is InChI=1S/C21H26FNO4/c1-13(2)23-12-20(15-4-6-16(22)7-5-15)19(14(23)3)9-8-17(24)10-18(25)11-21(26)27/h4-9,12-13,17-18,24-25H,10-11H2,1-3H3,(H,26,27)/b9-8+/t17-,18+/m0/s1. The Kier molecular flexibility index (Phi) is 6.93. The van der Waals surface area contributed by atoms with Crippen molar-refractivity contribution >= 4 is 12.0 Å². The summed E-state index contributed by atoms with van der Waals surface area (Å²) in [5.41, 5.74) is 3.66. The van der Waals surface area contributed by atoms with Crippen LogP contribution in [0, 0.1) is 12.7 Å². The molecular formula is C21H26FNO4. The Labute approximate surface area is 158 Å². The van der Waals surface area contributed by atoms with Crippen molar-refractivity contribution in [2.75, 3.05) is 0 Å². The van der Waals surface area contributed by atoms with Crippen LogP contribution in [0.1, 0.15) is 44.0 Å². The molecule has 146 valence electrons. The van der Waals surface area contributed by atoms with E-state index in [1.165, 1.54) is 12.1 Å².